The number of ketones is 1. The topological polar surface area (TPSA) is 42.2 Å². The summed E-state index contributed by atoms with van der Waals surface area (Å²) in [5.41, 5.74) is 2.49. The third kappa shape index (κ3) is 1.89. The number of fused-ring (bicyclic) bond motifs is 1. The zero-order chi connectivity index (χ0) is 13.4. The quantitative estimate of drug-likeness (QED) is 0.708. The van der Waals surface area contributed by atoms with E-state index in [2.05, 4.69) is 0 Å². The molecule has 3 aromatic rings. The summed E-state index contributed by atoms with van der Waals surface area (Å²) >= 11 is 0. The maximum atomic E-state index is 11.7. The van der Waals surface area contributed by atoms with E-state index in [4.69, 9.17) is 0 Å². The molecule has 0 aliphatic rings. The molecule has 3 nitrogen and oxygen atoms in total. The molecule has 19 heavy (non-hydrogen) atoms. The molecule has 0 radical (unpaired) electrons. The number of Topliss-reactive ketones (excluding diaryl/α,β-unsaturated/α-hetero) is 1. The Balaban J connectivity index is 2.33. The maximum Gasteiger partial charge on any atom is 0.161 e. The van der Waals surface area contributed by atoms with Crippen LogP contribution in [-0.2, 0) is 0 Å². The van der Waals surface area contributed by atoms with Crippen LogP contribution in [0.3, 0.4) is 0 Å². The second-order valence-corrected chi connectivity index (χ2v) is 4.51. The van der Waals surface area contributed by atoms with Crippen molar-refractivity contribution in [2.75, 3.05) is 0 Å². The summed E-state index contributed by atoms with van der Waals surface area (Å²) in [6.45, 7) is 1.56. The first-order valence-electron chi connectivity index (χ1n) is 6.07. The fraction of sp³-hybridized carbons (Fsp3) is 0.0625. The van der Waals surface area contributed by atoms with Crippen molar-refractivity contribution in [1.29, 1.82) is 0 Å². The zero-order valence-corrected chi connectivity index (χ0v) is 10.5. The SMILES string of the molecule is CC(=O)c1cn(-c2cccc(O)c2)c2ccccc12. The van der Waals surface area contributed by atoms with Gasteiger partial charge in [0.05, 0.1) is 5.52 Å². The van der Waals surface area contributed by atoms with Crippen LogP contribution >= 0.6 is 0 Å². The molecule has 0 aliphatic heterocycles. The van der Waals surface area contributed by atoms with Crippen LogP contribution in [0, 0.1) is 0 Å². The normalized spacial score (nSPS) is 10.8. The Morgan fingerprint density at radius 2 is 1.89 bits per heavy atom. The summed E-state index contributed by atoms with van der Waals surface area (Å²) in [4.78, 5) is 11.7. The Kier molecular flexibility index (Phi) is 2.60. The summed E-state index contributed by atoms with van der Waals surface area (Å²) in [7, 11) is 0. The van der Waals surface area contributed by atoms with Crippen LogP contribution in [0.2, 0.25) is 0 Å². The molecule has 1 aromatic heterocycles. The Hall–Kier alpha value is -2.55. The molecule has 0 unspecified atom stereocenters. The lowest BCUT2D eigenvalue weighted by Gasteiger charge is -2.05. The standard InChI is InChI=1S/C16H13NO2/c1-11(18)15-10-17(12-5-4-6-13(19)9-12)16-8-3-2-7-14(15)16/h2-10,19H,1H3. The molecule has 1 heterocycles. The van der Waals surface area contributed by atoms with E-state index in [-0.39, 0.29) is 11.5 Å². The minimum Gasteiger partial charge on any atom is -0.508 e. The molecule has 0 saturated carbocycles. The summed E-state index contributed by atoms with van der Waals surface area (Å²) < 4.78 is 1.92. The molecule has 0 amide bonds. The van der Waals surface area contributed by atoms with Gasteiger partial charge < -0.3 is 9.67 Å². The van der Waals surface area contributed by atoms with Gasteiger partial charge in [0.25, 0.3) is 0 Å². The van der Waals surface area contributed by atoms with Gasteiger partial charge in [-0.3, -0.25) is 4.79 Å². The van der Waals surface area contributed by atoms with Crippen molar-refractivity contribution in [3.8, 4) is 11.4 Å². The Labute approximate surface area is 110 Å². The number of aromatic nitrogens is 1. The molecule has 0 bridgehead atoms. The van der Waals surface area contributed by atoms with E-state index >= 15 is 0 Å². The van der Waals surface area contributed by atoms with Crippen molar-refractivity contribution in [2.45, 2.75) is 6.92 Å². The van der Waals surface area contributed by atoms with Crippen molar-refractivity contribution in [3.63, 3.8) is 0 Å². The molecule has 3 rings (SSSR count). The molecule has 0 spiro atoms. The number of aromatic hydroxyl groups is 1. The van der Waals surface area contributed by atoms with Gasteiger partial charge >= 0.3 is 0 Å². The summed E-state index contributed by atoms with van der Waals surface area (Å²) in [6.07, 6.45) is 1.82. The van der Waals surface area contributed by atoms with Crippen molar-refractivity contribution >= 4 is 16.7 Å². The maximum absolute atomic E-state index is 11.7. The predicted molar refractivity (Wildman–Crippen MR) is 74.9 cm³/mol. The van der Waals surface area contributed by atoms with Gasteiger partial charge in [-0.15, -0.1) is 0 Å². The van der Waals surface area contributed by atoms with E-state index in [1.54, 1.807) is 25.1 Å². The smallest absolute Gasteiger partial charge is 0.161 e. The van der Waals surface area contributed by atoms with Crippen LogP contribution in [-0.4, -0.2) is 15.5 Å². The van der Waals surface area contributed by atoms with Gasteiger partial charge in [-0.05, 0) is 25.1 Å². The second kappa shape index (κ2) is 4.28. The monoisotopic (exact) mass is 251 g/mol. The first-order chi connectivity index (χ1) is 9.16. The number of phenolic OH excluding ortho intramolecular Hbond substituents is 1. The van der Waals surface area contributed by atoms with Crippen LogP contribution in [0.1, 0.15) is 17.3 Å². The van der Waals surface area contributed by atoms with E-state index in [0.29, 0.717) is 5.56 Å². The average Bonchev–Trinajstić information content (AvgIpc) is 2.78. The number of hydrogen-bond donors (Lipinski definition) is 1. The van der Waals surface area contributed by atoms with Crippen LogP contribution in [0.25, 0.3) is 16.6 Å². The van der Waals surface area contributed by atoms with Gasteiger partial charge in [0.15, 0.2) is 5.78 Å². The number of hydrogen-bond acceptors (Lipinski definition) is 2. The fourth-order valence-electron chi connectivity index (χ4n) is 2.32. The van der Waals surface area contributed by atoms with Crippen LogP contribution in [0.4, 0.5) is 0 Å². The number of carbonyl (C=O) groups excluding carboxylic acids is 1. The van der Waals surface area contributed by atoms with E-state index < -0.39 is 0 Å². The number of carbonyl (C=O) groups is 1. The van der Waals surface area contributed by atoms with Crippen LogP contribution in [0.15, 0.2) is 54.7 Å². The lowest BCUT2D eigenvalue weighted by molar-refractivity contribution is 0.101. The minimum absolute atomic E-state index is 0.0371. The minimum atomic E-state index is 0.0371. The Morgan fingerprint density at radius 1 is 1.11 bits per heavy atom. The lowest BCUT2D eigenvalue weighted by Crippen LogP contribution is -1.92. The molecule has 0 saturated heterocycles. The highest BCUT2D eigenvalue weighted by Crippen LogP contribution is 2.26. The lowest BCUT2D eigenvalue weighted by atomic mass is 10.1. The number of nitrogens with zero attached hydrogens (tertiary/aromatic N) is 1. The van der Waals surface area contributed by atoms with Gasteiger partial charge in [-0.25, -0.2) is 0 Å². The fourth-order valence-corrected chi connectivity index (χ4v) is 2.32. The third-order valence-corrected chi connectivity index (χ3v) is 3.20. The summed E-state index contributed by atoms with van der Waals surface area (Å²) in [5, 5.41) is 10.5. The molecular weight excluding hydrogens is 238 g/mol. The highest BCUT2D eigenvalue weighted by Gasteiger charge is 2.12. The number of rotatable bonds is 2. The second-order valence-electron chi connectivity index (χ2n) is 4.51. The molecule has 0 aliphatic carbocycles. The largest absolute Gasteiger partial charge is 0.508 e. The number of benzene rings is 2. The molecule has 2 aromatic carbocycles. The molecule has 3 heteroatoms. The zero-order valence-electron chi connectivity index (χ0n) is 10.5. The summed E-state index contributed by atoms with van der Waals surface area (Å²) in [5.74, 6) is 0.245. The van der Waals surface area contributed by atoms with Gasteiger partial charge in [-0.2, -0.15) is 0 Å². The number of phenols is 1. The van der Waals surface area contributed by atoms with E-state index in [1.165, 1.54) is 0 Å². The van der Waals surface area contributed by atoms with E-state index in [1.807, 2.05) is 41.1 Å². The highest BCUT2D eigenvalue weighted by molar-refractivity contribution is 6.07. The van der Waals surface area contributed by atoms with Crippen LogP contribution < -0.4 is 0 Å². The third-order valence-electron chi connectivity index (χ3n) is 3.20. The van der Waals surface area contributed by atoms with Gasteiger partial charge in [-0.1, -0.05) is 24.3 Å². The first-order valence-corrected chi connectivity index (χ1v) is 6.07. The average molecular weight is 251 g/mol. The molecule has 94 valence electrons. The van der Waals surface area contributed by atoms with Crippen molar-refractivity contribution in [3.05, 3.63) is 60.3 Å². The van der Waals surface area contributed by atoms with Crippen molar-refractivity contribution < 1.29 is 9.90 Å². The Morgan fingerprint density at radius 3 is 2.63 bits per heavy atom. The molecule has 0 fully saturated rings. The van der Waals surface area contributed by atoms with Crippen molar-refractivity contribution in [1.82, 2.24) is 4.57 Å². The highest BCUT2D eigenvalue weighted by atomic mass is 16.3. The summed E-state index contributed by atoms with van der Waals surface area (Å²) in [6, 6.07) is 14.7. The van der Waals surface area contributed by atoms with Gasteiger partial charge in [0.2, 0.25) is 0 Å². The predicted octanol–water partition coefficient (Wildman–Crippen LogP) is 3.54. The van der Waals surface area contributed by atoms with E-state index in [0.717, 1.165) is 16.6 Å². The number of para-hydroxylation sites is 1. The molecular formula is C16H13NO2. The first kappa shape index (κ1) is 11.5. The van der Waals surface area contributed by atoms with Gasteiger partial charge in [0.1, 0.15) is 5.75 Å². The van der Waals surface area contributed by atoms with Crippen molar-refractivity contribution in [2.24, 2.45) is 0 Å². The molecule has 0 atom stereocenters. The molecule has 1 N–H and O–H groups in total. The Bertz CT molecular complexity index is 771. The van der Waals surface area contributed by atoms with Gasteiger partial charge in [0, 0.05) is 28.9 Å². The van der Waals surface area contributed by atoms with E-state index in [9.17, 15) is 9.90 Å². The van der Waals surface area contributed by atoms with Crippen LogP contribution in [0.5, 0.6) is 5.75 Å².